The summed E-state index contributed by atoms with van der Waals surface area (Å²) in [7, 11) is -3.21. The molecule has 6 heteroatoms. The zero-order valence-corrected chi connectivity index (χ0v) is 16.2. The molecule has 4 nitrogen and oxygen atoms in total. The Kier molecular flexibility index (Phi) is 6.67. The zero-order valence-electron chi connectivity index (χ0n) is 14.6. The van der Waals surface area contributed by atoms with Crippen molar-refractivity contribution < 1.29 is 13.2 Å². The largest absolute Gasteiger partial charge is 0.348 e. The predicted octanol–water partition coefficient (Wildman–Crippen LogP) is 3.84. The van der Waals surface area contributed by atoms with Crippen LogP contribution in [-0.2, 0) is 14.6 Å². The summed E-state index contributed by atoms with van der Waals surface area (Å²) in [5.41, 5.74) is 0.903. The van der Waals surface area contributed by atoms with Gasteiger partial charge in [0.25, 0.3) is 0 Å². The number of rotatable bonds is 7. The molecule has 0 spiro atoms. The van der Waals surface area contributed by atoms with Gasteiger partial charge in [-0.25, -0.2) is 8.42 Å². The first kappa shape index (κ1) is 19.5. The summed E-state index contributed by atoms with van der Waals surface area (Å²) in [5, 5.41) is 2.84. The first-order valence-corrected chi connectivity index (χ1v) is 10.9. The molecule has 0 unspecified atom stereocenters. The molecule has 2 rings (SSSR count). The first-order valence-electron chi connectivity index (χ1n) is 8.13. The lowest BCUT2D eigenvalue weighted by Gasteiger charge is -2.20. The van der Waals surface area contributed by atoms with E-state index in [1.165, 1.54) is 18.0 Å². The Morgan fingerprint density at radius 3 is 2.20 bits per heavy atom. The third kappa shape index (κ3) is 5.61. The fourth-order valence-corrected chi connectivity index (χ4v) is 3.94. The normalized spacial score (nSPS) is 13.9. The Morgan fingerprint density at radius 2 is 1.68 bits per heavy atom. The van der Waals surface area contributed by atoms with Gasteiger partial charge in [0.15, 0.2) is 9.84 Å². The average Bonchev–Trinajstić information content (AvgIpc) is 2.59. The number of sulfone groups is 1. The number of benzene rings is 2. The molecule has 1 N–H and O–H groups in total. The molecule has 2 atom stereocenters. The summed E-state index contributed by atoms with van der Waals surface area (Å²) in [6.45, 7) is 3.87. The van der Waals surface area contributed by atoms with Crippen LogP contribution in [0.1, 0.15) is 31.9 Å². The maximum absolute atomic E-state index is 12.5. The molecule has 134 valence electrons. The molecule has 0 saturated heterocycles. The molecule has 0 aliphatic rings. The number of hydrogen-bond donors (Lipinski definition) is 1. The fraction of sp³-hybridized carbons (Fsp3) is 0.316. The van der Waals surface area contributed by atoms with Crippen molar-refractivity contribution in [2.45, 2.75) is 41.4 Å². The number of thioether (sulfide) groups is 1. The zero-order chi connectivity index (χ0) is 18.4. The molecule has 0 radical (unpaired) electrons. The van der Waals surface area contributed by atoms with Crippen LogP contribution < -0.4 is 5.32 Å². The van der Waals surface area contributed by atoms with Gasteiger partial charge in [0.2, 0.25) is 5.91 Å². The number of hydrogen-bond acceptors (Lipinski definition) is 4. The molecule has 0 bridgehead atoms. The predicted molar refractivity (Wildman–Crippen MR) is 102 cm³/mol. The second kappa shape index (κ2) is 8.54. The van der Waals surface area contributed by atoms with Crippen LogP contribution >= 0.6 is 11.8 Å². The van der Waals surface area contributed by atoms with Crippen LogP contribution in [0.5, 0.6) is 0 Å². The van der Waals surface area contributed by atoms with Crippen molar-refractivity contribution in [3.63, 3.8) is 0 Å². The van der Waals surface area contributed by atoms with Gasteiger partial charge in [-0.3, -0.25) is 4.79 Å². The Hall–Kier alpha value is -1.79. The summed E-state index contributed by atoms with van der Waals surface area (Å²) >= 11 is 1.51. The summed E-state index contributed by atoms with van der Waals surface area (Å²) in [6, 6.07) is 16.4. The van der Waals surface area contributed by atoms with Crippen molar-refractivity contribution in [1.29, 1.82) is 0 Å². The third-order valence-corrected chi connectivity index (χ3v) is 6.10. The fourth-order valence-electron chi connectivity index (χ4n) is 2.41. The van der Waals surface area contributed by atoms with E-state index in [2.05, 4.69) is 5.32 Å². The van der Waals surface area contributed by atoms with Crippen LogP contribution in [0.3, 0.4) is 0 Å². The quantitative estimate of drug-likeness (QED) is 0.745. The number of amides is 1. The topological polar surface area (TPSA) is 63.2 Å². The Balaban J connectivity index is 2.04. The summed E-state index contributed by atoms with van der Waals surface area (Å²) in [4.78, 5) is 13.8. The average molecular weight is 378 g/mol. The minimum Gasteiger partial charge on any atom is -0.348 e. The van der Waals surface area contributed by atoms with E-state index in [4.69, 9.17) is 0 Å². The van der Waals surface area contributed by atoms with Gasteiger partial charge >= 0.3 is 0 Å². The van der Waals surface area contributed by atoms with Gasteiger partial charge in [-0.1, -0.05) is 37.3 Å². The molecule has 0 saturated carbocycles. The Morgan fingerprint density at radius 1 is 1.08 bits per heavy atom. The molecule has 0 aliphatic heterocycles. The molecule has 0 fully saturated rings. The van der Waals surface area contributed by atoms with E-state index < -0.39 is 9.84 Å². The molecule has 0 heterocycles. The van der Waals surface area contributed by atoms with Crippen LogP contribution in [0.2, 0.25) is 0 Å². The van der Waals surface area contributed by atoms with E-state index in [0.717, 1.165) is 16.9 Å². The SMILES string of the molecule is CC[C@H](NC(=O)[C@H](C)Sc1ccccc1)c1ccc(S(C)(=O)=O)cc1. The molecule has 2 aromatic carbocycles. The van der Waals surface area contributed by atoms with E-state index in [0.29, 0.717) is 0 Å². The van der Waals surface area contributed by atoms with Crippen molar-refractivity contribution in [3.05, 3.63) is 60.2 Å². The summed E-state index contributed by atoms with van der Waals surface area (Å²) in [6.07, 6.45) is 1.91. The highest BCUT2D eigenvalue weighted by atomic mass is 32.2. The van der Waals surface area contributed by atoms with Gasteiger partial charge in [-0.15, -0.1) is 11.8 Å². The molecular weight excluding hydrogens is 354 g/mol. The van der Waals surface area contributed by atoms with Gasteiger partial charge < -0.3 is 5.32 Å². The van der Waals surface area contributed by atoms with Crippen molar-refractivity contribution in [2.24, 2.45) is 0 Å². The second-order valence-electron chi connectivity index (χ2n) is 5.88. The van der Waals surface area contributed by atoms with Crippen LogP contribution in [0.25, 0.3) is 0 Å². The molecule has 25 heavy (non-hydrogen) atoms. The van der Waals surface area contributed by atoms with Gasteiger partial charge in [-0.05, 0) is 43.2 Å². The third-order valence-electron chi connectivity index (χ3n) is 3.86. The number of carbonyl (C=O) groups is 1. The van der Waals surface area contributed by atoms with Crippen LogP contribution in [0.4, 0.5) is 0 Å². The van der Waals surface area contributed by atoms with Crippen LogP contribution in [0.15, 0.2) is 64.4 Å². The van der Waals surface area contributed by atoms with Crippen LogP contribution in [0, 0.1) is 0 Å². The standard InChI is InChI=1S/C19H23NO3S2/c1-4-18(15-10-12-17(13-11-15)25(3,22)23)20-19(21)14(2)24-16-8-6-5-7-9-16/h5-14,18H,4H2,1-3H3,(H,20,21)/t14-,18-/m0/s1. The van der Waals surface area contributed by atoms with Crippen molar-refractivity contribution in [2.75, 3.05) is 6.26 Å². The number of carbonyl (C=O) groups excluding carboxylic acids is 1. The summed E-state index contributed by atoms with van der Waals surface area (Å²) in [5.74, 6) is -0.0344. The first-order chi connectivity index (χ1) is 11.8. The number of nitrogens with one attached hydrogen (secondary N) is 1. The van der Waals surface area contributed by atoms with Crippen LogP contribution in [-0.4, -0.2) is 25.8 Å². The van der Waals surface area contributed by atoms with Crippen molar-refractivity contribution in [3.8, 4) is 0 Å². The lowest BCUT2D eigenvalue weighted by molar-refractivity contribution is -0.121. The van der Waals surface area contributed by atoms with Gasteiger partial charge in [0.1, 0.15) is 0 Å². The minimum absolute atomic E-state index is 0.0344. The van der Waals surface area contributed by atoms with Gasteiger partial charge in [-0.2, -0.15) is 0 Å². The maximum Gasteiger partial charge on any atom is 0.233 e. The highest BCUT2D eigenvalue weighted by Crippen LogP contribution is 2.24. The lowest BCUT2D eigenvalue weighted by atomic mass is 10.0. The smallest absolute Gasteiger partial charge is 0.233 e. The highest BCUT2D eigenvalue weighted by Gasteiger charge is 2.19. The van der Waals surface area contributed by atoms with Gasteiger partial charge in [0.05, 0.1) is 16.2 Å². The second-order valence-corrected chi connectivity index (χ2v) is 9.31. The minimum atomic E-state index is -3.21. The summed E-state index contributed by atoms with van der Waals surface area (Å²) < 4.78 is 23.1. The molecule has 0 aliphatic carbocycles. The van der Waals surface area contributed by atoms with Gasteiger partial charge in [0, 0.05) is 11.2 Å². The monoisotopic (exact) mass is 377 g/mol. The van der Waals surface area contributed by atoms with E-state index in [9.17, 15) is 13.2 Å². The highest BCUT2D eigenvalue weighted by molar-refractivity contribution is 8.00. The molecule has 1 amide bonds. The Bertz CT molecular complexity index is 802. The molecule has 2 aromatic rings. The maximum atomic E-state index is 12.5. The van der Waals surface area contributed by atoms with E-state index >= 15 is 0 Å². The van der Waals surface area contributed by atoms with E-state index in [1.807, 2.05) is 44.2 Å². The lowest BCUT2D eigenvalue weighted by Crippen LogP contribution is -2.34. The molecule has 0 aromatic heterocycles. The van der Waals surface area contributed by atoms with E-state index in [1.54, 1.807) is 24.3 Å². The van der Waals surface area contributed by atoms with Crippen molar-refractivity contribution >= 4 is 27.5 Å². The molecular formula is C19H23NO3S2. The van der Waals surface area contributed by atoms with E-state index in [-0.39, 0.29) is 22.1 Å². The van der Waals surface area contributed by atoms with Crippen molar-refractivity contribution in [1.82, 2.24) is 5.32 Å². The Labute approximate surface area is 154 Å².